The second kappa shape index (κ2) is 6.75. The molecule has 1 unspecified atom stereocenters. The Labute approximate surface area is 92.1 Å². The molecule has 0 aliphatic heterocycles. The van der Waals surface area contributed by atoms with Crippen molar-refractivity contribution in [2.45, 2.75) is 6.04 Å². The Morgan fingerprint density at radius 2 is 1.69 bits per heavy atom. The van der Waals surface area contributed by atoms with Crippen LogP contribution in [0.4, 0.5) is 0 Å². The number of ether oxygens (including phenoxy) is 1. The molecule has 0 aliphatic carbocycles. The Morgan fingerprint density at radius 1 is 1.25 bits per heavy atom. The third-order valence-electron chi connectivity index (χ3n) is 1.77. The van der Waals surface area contributed by atoms with Gasteiger partial charge in [0, 0.05) is 7.11 Å². The minimum absolute atomic E-state index is 0.171. The molecule has 0 aromatic heterocycles. The van der Waals surface area contributed by atoms with Gasteiger partial charge in [0.1, 0.15) is 6.04 Å². The van der Waals surface area contributed by atoms with Gasteiger partial charge < -0.3 is 21.3 Å². The van der Waals surface area contributed by atoms with Crippen molar-refractivity contribution in [3.05, 3.63) is 0 Å². The van der Waals surface area contributed by atoms with Gasteiger partial charge in [-0.1, -0.05) is 0 Å². The van der Waals surface area contributed by atoms with Crippen LogP contribution in [-0.2, 0) is 19.1 Å². The van der Waals surface area contributed by atoms with Crippen LogP contribution in [0.1, 0.15) is 0 Å². The molecule has 8 nitrogen and oxygen atoms in total. The normalized spacial score (nSPS) is 12.4. The standard InChI is InChI=1S/C8H15N3O5/c1-16-4-5(8(14)15)11(2-6(9)12)3-7(10)13/h5H,2-4H2,1H3,(H2,9,12)(H2,10,13)(H,14,15). The Bertz CT molecular complexity index is 265. The lowest BCUT2D eigenvalue weighted by Gasteiger charge is -2.25. The number of carbonyl (C=O) groups excluding carboxylic acids is 2. The van der Waals surface area contributed by atoms with E-state index in [2.05, 4.69) is 4.74 Å². The lowest BCUT2D eigenvalue weighted by Crippen LogP contribution is -2.50. The zero-order valence-corrected chi connectivity index (χ0v) is 8.88. The predicted octanol–water partition coefficient (Wildman–Crippen LogP) is -2.64. The maximum absolute atomic E-state index is 10.9. The average Bonchev–Trinajstić information content (AvgIpc) is 2.10. The summed E-state index contributed by atoms with van der Waals surface area (Å²) in [5, 5.41) is 8.87. The smallest absolute Gasteiger partial charge is 0.323 e. The number of hydrogen-bond acceptors (Lipinski definition) is 5. The first-order valence-electron chi connectivity index (χ1n) is 4.40. The van der Waals surface area contributed by atoms with E-state index < -0.39 is 23.8 Å². The quantitative estimate of drug-likeness (QED) is 0.419. The Morgan fingerprint density at radius 3 is 1.94 bits per heavy atom. The van der Waals surface area contributed by atoms with E-state index in [-0.39, 0.29) is 19.7 Å². The van der Waals surface area contributed by atoms with Gasteiger partial charge in [-0.15, -0.1) is 0 Å². The number of rotatable bonds is 8. The number of primary amides is 2. The van der Waals surface area contributed by atoms with Crippen molar-refractivity contribution in [1.29, 1.82) is 0 Å². The van der Waals surface area contributed by atoms with E-state index >= 15 is 0 Å². The molecule has 1 atom stereocenters. The zero-order valence-electron chi connectivity index (χ0n) is 8.88. The van der Waals surface area contributed by atoms with Crippen LogP contribution in [-0.4, -0.2) is 60.6 Å². The molecule has 16 heavy (non-hydrogen) atoms. The van der Waals surface area contributed by atoms with Crippen LogP contribution in [0.3, 0.4) is 0 Å². The summed E-state index contributed by atoms with van der Waals surface area (Å²) in [5.41, 5.74) is 9.87. The van der Waals surface area contributed by atoms with E-state index in [9.17, 15) is 14.4 Å². The summed E-state index contributed by atoms with van der Waals surface area (Å²) in [5.74, 6) is -2.71. The van der Waals surface area contributed by atoms with Crippen LogP contribution in [0.15, 0.2) is 0 Å². The highest BCUT2D eigenvalue weighted by Crippen LogP contribution is 2.00. The van der Waals surface area contributed by atoms with Crippen molar-refractivity contribution in [2.24, 2.45) is 11.5 Å². The highest BCUT2D eigenvalue weighted by Gasteiger charge is 2.27. The monoisotopic (exact) mass is 233 g/mol. The van der Waals surface area contributed by atoms with Crippen molar-refractivity contribution in [3.8, 4) is 0 Å². The first-order valence-corrected chi connectivity index (χ1v) is 4.40. The fourth-order valence-corrected chi connectivity index (χ4v) is 1.17. The van der Waals surface area contributed by atoms with Crippen LogP contribution in [0, 0.1) is 0 Å². The molecule has 0 aromatic rings. The van der Waals surface area contributed by atoms with Gasteiger partial charge in [-0.05, 0) is 0 Å². The van der Waals surface area contributed by atoms with Gasteiger partial charge in [-0.3, -0.25) is 19.3 Å². The number of hydrogen-bond donors (Lipinski definition) is 3. The van der Waals surface area contributed by atoms with Crippen molar-refractivity contribution in [3.63, 3.8) is 0 Å². The maximum Gasteiger partial charge on any atom is 0.323 e. The summed E-state index contributed by atoms with van der Waals surface area (Å²) in [7, 11) is 1.31. The second-order valence-electron chi connectivity index (χ2n) is 3.15. The first kappa shape index (κ1) is 14.3. The summed E-state index contributed by atoms with van der Waals surface area (Å²) >= 11 is 0. The molecule has 0 heterocycles. The number of amides is 2. The number of carboxylic acids is 1. The topological polar surface area (TPSA) is 136 Å². The van der Waals surface area contributed by atoms with Crippen molar-refractivity contribution >= 4 is 17.8 Å². The molecule has 0 aliphatic rings. The third kappa shape index (κ3) is 5.27. The first-order chi connectivity index (χ1) is 7.38. The number of aliphatic carboxylic acids is 1. The summed E-state index contributed by atoms with van der Waals surface area (Å²) in [6, 6.07) is -1.13. The summed E-state index contributed by atoms with van der Waals surface area (Å²) in [6.07, 6.45) is 0. The van der Waals surface area contributed by atoms with E-state index in [0.717, 1.165) is 4.90 Å². The van der Waals surface area contributed by atoms with Gasteiger partial charge in [0.05, 0.1) is 19.7 Å². The molecule has 5 N–H and O–H groups in total. The highest BCUT2D eigenvalue weighted by molar-refractivity contribution is 5.81. The van der Waals surface area contributed by atoms with E-state index in [1.54, 1.807) is 0 Å². The minimum atomic E-state index is -1.22. The van der Waals surface area contributed by atoms with Gasteiger partial charge in [-0.25, -0.2) is 0 Å². The van der Waals surface area contributed by atoms with Crippen LogP contribution in [0.25, 0.3) is 0 Å². The summed E-state index contributed by atoms with van der Waals surface area (Å²) in [6.45, 7) is -0.914. The zero-order chi connectivity index (χ0) is 12.7. The fourth-order valence-electron chi connectivity index (χ4n) is 1.17. The predicted molar refractivity (Wildman–Crippen MR) is 53.3 cm³/mol. The Hall–Kier alpha value is -1.67. The SMILES string of the molecule is COCC(C(=O)O)N(CC(N)=O)CC(N)=O. The third-order valence-corrected chi connectivity index (χ3v) is 1.77. The van der Waals surface area contributed by atoms with E-state index in [1.165, 1.54) is 7.11 Å². The number of methoxy groups -OCH3 is 1. The molecule has 8 heteroatoms. The van der Waals surface area contributed by atoms with Gasteiger partial charge in [0.25, 0.3) is 0 Å². The van der Waals surface area contributed by atoms with Crippen molar-refractivity contribution in [1.82, 2.24) is 4.90 Å². The lowest BCUT2D eigenvalue weighted by molar-refractivity contribution is -0.146. The Kier molecular flexibility index (Phi) is 6.04. The second-order valence-corrected chi connectivity index (χ2v) is 3.15. The number of nitrogens with zero attached hydrogens (tertiary/aromatic N) is 1. The molecular weight excluding hydrogens is 218 g/mol. The maximum atomic E-state index is 10.9. The highest BCUT2D eigenvalue weighted by atomic mass is 16.5. The van der Waals surface area contributed by atoms with Gasteiger partial charge in [0.15, 0.2) is 0 Å². The molecular formula is C8H15N3O5. The number of carbonyl (C=O) groups is 3. The van der Waals surface area contributed by atoms with Gasteiger partial charge in [0.2, 0.25) is 11.8 Å². The van der Waals surface area contributed by atoms with Crippen molar-refractivity contribution < 1.29 is 24.2 Å². The molecule has 0 saturated carbocycles. The lowest BCUT2D eigenvalue weighted by atomic mass is 10.2. The molecule has 0 aromatic carbocycles. The van der Waals surface area contributed by atoms with Crippen molar-refractivity contribution in [2.75, 3.05) is 26.8 Å². The molecule has 0 rings (SSSR count). The minimum Gasteiger partial charge on any atom is -0.480 e. The molecule has 0 fully saturated rings. The molecule has 0 bridgehead atoms. The number of carboxylic acid groups (broad SMARTS) is 1. The molecule has 92 valence electrons. The van der Waals surface area contributed by atoms with E-state index in [0.29, 0.717) is 0 Å². The van der Waals surface area contributed by atoms with Crippen LogP contribution < -0.4 is 11.5 Å². The molecule has 0 radical (unpaired) electrons. The fraction of sp³-hybridized carbons (Fsp3) is 0.625. The Balaban J connectivity index is 4.72. The van der Waals surface area contributed by atoms with Crippen LogP contribution in [0.2, 0.25) is 0 Å². The summed E-state index contributed by atoms with van der Waals surface area (Å²) in [4.78, 5) is 33.4. The van der Waals surface area contributed by atoms with E-state index in [4.69, 9.17) is 16.6 Å². The molecule has 0 saturated heterocycles. The molecule has 2 amide bonds. The molecule has 0 spiro atoms. The van der Waals surface area contributed by atoms with Crippen LogP contribution >= 0.6 is 0 Å². The largest absolute Gasteiger partial charge is 0.480 e. The van der Waals surface area contributed by atoms with E-state index in [1.807, 2.05) is 0 Å². The number of nitrogens with two attached hydrogens (primary N) is 2. The average molecular weight is 233 g/mol. The van der Waals surface area contributed by atoms with Crippen LogP contribution in [0.5, 0.6) is 0 Å². The van der Waals surface area contributed by atoms with Gasteiger partial charge in [-0.2, -0.15) is 0 Å². The summed E-state index contributed by atoms with van der Waals surface area (Å²) < 4.78 is 4.68. The van der Waals surface area contributed by atoms with Gasteiger partial charge >= 0.3 is 5.97 Å².